The first-order valence-electron chi connectivity index (χ1n) is 10.2. The zero-order valence-electron chi connectivity index (χ0n) is 17.7. The largest absolute Gasteiger partial charge is 0.507 e. The molecule has 2 N–H and O–H groups in total. The SMILES string of the molecule is Cc1c(C)c2c(c(C)c1O)CCC(C)(CC(=S)Nc1ccc(Cl)c3ccccc13)O2. The molecule has 0 spiro atoms. The maximum absolute atomic E-state index is 10.4. The molecule has 1 unspecified atom stereocenters. The number of thiocarbonyl (C=S) groups is 1. The Labute approximate surface area is 188 Å². The Balaban J connectivity index is 1.57. The van der Waals surface area contributed by atoms with Crippen molar-refractivity contribution in [2.24, 2.45) is 0 Å². The first-order valence-corrected chi connectivity index (χ1v) is 11.0. The standard InChI is InChI=1S/C25H26ClNO2S/c1-14-15(2)24-17(16(3)23(14)28)11-12-25(4,29-24)13-22(30)27-21-10-9-20(26)18-7-5-6-8-19(18)21/h5-10,28H,11-13H2,1-4H3,(H,27,30). The lowest BCUT2D eigenvalue weighted by atomic mass is 9.85. The van der Waals surface area contributed by atoms with Crippen LogP contribution in [0, 0.1) is 20.8 Å². The zero-order chi connectivity index (χ0) is 21.6. The molecule has 1 atom stereocenters. The van der Waals surface area contributed by atoms with Crippen LogP contribution in [0.15, 0.2) is 36.4 Å². The van der Waals surface area contributed by atoms with Crippen molar-refractivity contribution >= 4 is 45.3 Å². The van der Waals surface area contributed by atoms with Crippen LogP contribution in [0.25, 0.3) is 10.8 Å². The fourth-order valence-corrected chi connectivity index (χ4v) is 4.97. The third-order valence-electron chi connectivity index (χ3n) is 6.27. The van der Waals surface area contributed by atoms with E-state index < -0.39 is 5.60 Å². The highest BCUT2D eigenvalue weighted by molar-refractivity contribution is 7.80. The summed E-state index contributed by atoms with van der Waals surface area (Å²) >= 11 is 12.1. The lowest BCUT2D eigenvalue weighted by Gasteiger charge is -2.38. The van der Waals surface area contributed by atoms with Crippen LogP contribution in [0.3, 0.4) is 0 Å². The van der Waals surface area contributed by atoms with E-state index in [-0.39, 0.29) is 0 Å². The number of hydrogen-bond donors (Lipinski definition) is 2. The minimum atomic E-state index is -0.403. The number of phenolic OH excluding ortho intramolecular Hbond substituents is 1. The van der Waals surface area contributed by atoms with Gasteiger partial charge in [0.05, 0.1) is 4.99 Å². The average molecular weight is 440 g/mol. The number of anilines is 1. The van der Waals surface area contributed by atoms with Crippen LogP contribution in [-0.2, 0) is 6.42 Å². The smallest absolute Gasteiger partial charge is 0.127 e. The second-order valence-electron chi connectivity index (χ2n) is 8.45. The van der Waals surface area contributed by atoms with Crippen molar-refractivity contribution in [3.8, 4) is 11.5 Å². The molecule has 5 heteroatoms. The van der Waals surface area contributed by atoms with E-state index in [0.29, 0.717) is 12.2 Å². The van der Waals surface area contributed by atoms with E-state index in [4.69, 9.17) is 28.6 Å². The third kappa shape index (κ3) is 3.63. The van der Waals surface area contributed by atoms with E-state index in [0.717, 1.165) is 67.3 Å². The Bertz CT molecular complexity index is 1170. The summed E-state index contributed by atoms with van der Waals surface area (Å²) in [6.45, 7) is 8.02. The van der Waals surface area contributed by atoms with E-state index in [1.54, 1.807) is 0 Å². The minimum absolute atomic E-state index is 0.380. The Kier molecular flexibility index (Phi) is 5.41. The van der Waals surface area contributed by atoms with Gasteiger partial charge < -0.3 is 15.2 Å². The number of phenols is 1. The molecule has 0 fully saturated rings. The van der Waals surface area contributed by atoms with Crippen molar-refractivity contribution in [3.05, 3.63) is 63.7 Å². The molecule has 0 radical (unpaired) electrons. The summed E-state index contributed by atoms with van der Waals surface area (Å²) in [5.41, 5.74) is 4.46. The van der Waals surface area contributed by atoms with Gasteiger partial charge in [0.1, 0.15) is 17.1 Å². The van der Waals surface area contributed by atoms with Gasteiger partial charge in [0.15, 0.2) is 0 Å². The van der Waals surface area contributed by atoms with Crippen LogP contribution in [0.1, 0.15) is 42.0 Å². The van der Waals surface area contributed by atoms with Crippen LogP contribution in [-0.4, -0.2) is 15.7 Å². The summed E-state index contributed by atoms with van der Waals surface area (Å²) < 4.78 is 6.52. The Morgan fingerprint density at radius 3 is 2.53 bits per heavy atom. The second-order valence-corrected chi connectivity index (χ2v) is 9.35. The summed E-state index contributed by atoms with van der Waals surface area (Å²) in [5.74, 6) is 1.28. The maximum atomic E-state index is 10.4. The van der Waals surface area contributed by atoms with Crippen LogP contribution in [0.5, 0.6) is 11.5 Å². The predicted octanol–water partition coefficient (Wildman–Crippen LogP) is 7.04. The molecule has 0 aromatic heterocycles. The summed E-state index contributed by atoms with van der Waals surface area (Å²) in [5, 5.41) is 16.6. The lowest BCUT2D eigenvalue weighted by Crippen LogP contribution is -2.40. The Hall–Kier alpha value is -2.30. The normalized spacial score (nSPS) is 18.0. The van der Waals surface area contributed by atoms with Gasteiger partial charge in [-0.15, -0.1) is 0 Å². The Morgan fingerprint density at radius 2 is 1.80 bits per heavy atom. The van der Waals surface area contributed by atoms with Gasteiger partial charge in [0, 0.05) is 33.5 Å². The fourth-order valence-electron chi connectivity index (χ4n) is 4.32. The van der Waals surface area contributed by atoms with Gasteiger partial charge in [-0.2, -0.15) is 0 Å². The van der Waals surface area contributed by atoms with E-state index in [1.807, 2.05) is 57.2 Å². The molecule has 30 heavy (non-hydrogen) atoms. The van der Waals surface area contributed by atoms with E-state index in [1.165, 1.54) is 0 Å². The first-order chi connectivity index (χ1) is 14.2. The first kappa shape index (κ1) is 21.0. The topological polar surface area (TPSA) is 41.5 Å². The zero-order valence-corrected chi connectivity index (χ0v) is 19.3. The Morgan fingerprint density at radius 1 is 1.10 bits per heavy atom. The fraction of sp³-hybridized carbons (Fsp3) is 0.320. The highest BCUT2D eigenvalue weighted by Crippen LogP contribution is 2.44. The number of rotatable bonds is 3. The summed E-state index contributed by atoms with van der Waals surface area (Å²) in [6, 6.07) is 11.9. The van der Waals surface area contributed by atoms with Gasteiger partial charge in [-0.25, -0.2) is 0 Å². The van der Waals surface area contributed by atoms with E-state index in [2.05, 4.69) is 12.2 Å². The number of fused-ring (bicyclic) bond motifs is 2. The van der Waals surface area contributed by atoms with Gasteiger partial charge in [0.2, 0.25) is 0 Å². The molecule has 0 amide bonds. The predicted molar refractivity (Wildman–Crippen MR) is 129 cm³/mol. The van der Waals surface area contributed by atoms with Gasteiger partial charge in [-0.1, -0.05) is 48.1 Å². The molecule has 0 saturated heterocycles. The molecular formula is C25H26ClNO2S. The van der Waals surface area contributed by atoms with Crippen LogP contribution in [0.2, 0.25) is 5.02 Å². The van der Waals surface area contributed by atoms with Crippen molar-refractivity contribution in [2.45, 2.75) is 52.6 Å². The third-order valence-corrected chi connectivity index (χ3v) is 6.85. The summed E-state index contributed by atoms with van der Waals surface area (Å²) in [4.78, 5) is 0.735. The average Bonchev–Trinajstić information content (AvgIpc) is 2.72. The molecular weight excluding hydrogens is 414 g/mol. The van der Waals surface area contributed by atoms with Gasteiger partial charge in [0.25, 0.3) is 0 Å². The molecule has 0 bridgehead atoms. The summed E-state index contributed by atoms with van der Waals surface area (Å²) in [6.07, 6.45) is 2.31. The molecule has 3 aromatic carbocycles. The molecule has 156 valence electrons. The molecule has 3 nitrogen and oxygen atoms in total. The number of nitrogens with one attached hydrogen (secondary N) is 1. The van der Waals surface area contributed by atoms with Gasteiger partial charge in [-0.05, 0) is 69.4 Å². The molecule has 1 aliphatic rings. The van der Waals surface area contributed by atoms with Crippen LogP contribution < -0.4 is 10.1 Å². The van der Waals surface area contributed by atoms with E-state index in [9.17, 15) is 5.11 Å². The van der Waals surface area contributed by atoms with Gasteiger partial charge in [-0.3, -0.25) is 0 Å². The molecule has 0 saturated carbocycles. The minimum Gasteiger partial charge on any atom is -0.507 e. The van der Waals surface area contributed by atoms with Crippen molar-refractivity contribution in [3.63, 3.8) is 0 Å². The number of benzene rings is 3. The highest BCUT2D eigenvalue weighted by atomic mass is 35.5. The number of aromatic hydroxyl groups is 1. The van der Waals surface area contributed by atoms with Gasteiger partial charge >= 0.3 is 0 Å². The molecule has 3 aromatic rings. The number of halogens is 1. The molecule has 0 aliphatic carbocycles. The number of ether oxygens (including phenoxy) is 1. The van der Waals surface area contributed by atoms with E-state index >= 15 is 0 Å². The highest BCUT2D eigenvalue weighted by Gasteiger charge is 2.35. The molecule has 1 aliphatic heterocycles. The monoisotopic (exact) mass is 439 g/mol. The lowest BCUT2D eigenvalue weighted by molar-refractivity contribution is 0.0716. The van der Waals surface area contributed by atoms with Crippen LogP contribution >= 0.6 is 23.8 Å². The van der Waals surface area contributed by atoms with Crippen molar-refractivity contribution in [1.82, 2.24) is 0 Å². The second kappa shape index (κ2) is 7.75. The van der Waals surface area contributed by atoms with Crippen molar-refractivity contribution < 1.29 is 9.84 Å². The molecule has 1 heterocycles. The van der Waals surface area contributed by atoms with Crippen LogP contribution in [0.4, 0.5) is 5.69 Å². The number of hydrogen-bond acceptors (Lipinski definition) is 3. The maximum Gasteiger partial charge on any atom is 0.127 e. The van der Waals surface area contributed by atoms with Crippen molar-refractivity contribution in [1.29, 1.82) is 0 Å². The van der Waals surface area contributed by atoms with Crippen molar-refractivity contribution in [2.75, 3.05) is 5.32 Å². The quantitative estimate of drug-likeness (QED) is 0.429. The molecule has 4 rings (SSSR count). The summed E-state index contributed by atoms with van der Waals surface area (Å²) in [7, 11) is 0.